The van der Waals surface area contributed by atoms with Crippen molar-refractivity contribution in [1.29, 1.82) is 0 Å². The summed E-state index contributed by atoms with van der Waals surface area (Å²) in [6.07, 6.45) is 1.05. The number of benzene rings is 1. The average molecular weight is 349 g/mol. The van der Waals surface area contributed by atoms with E-state index in [-0.39, 0.29) is 18.0 Å². The van der Waals surface area contributed by atoms with E-state index in [4.69, 9.17) is 15.2 Å². The predicted molar refractivity (Wildman–Crippen MR) is 95.7 cm³/mol. The third-order valence-corrected chi connectivity index (χ3v) is 3.99. The van der Waals surface area contributed by atoms with Gasteiger partial charge in [-0.25, -0.2) is 4.79 Å². The van der Waals surface area contributed by atoms with Gasteiger partial charge in [-0.1, -0.05) is 0 Å². The number of nitrogens with zero attached hydrogens (tertiary/aromatic N) is 1. The fourth-order valence-corrected chi connectivity index (χ4v) is 2.67. The Morgan fingerprint density at radius 1 is 1.24 bits per heavy atom. The van der Waals surface area contributed by atoms with Crippen molar-refractivity contribution < 1.29 is 19.1 Å². The summed E-state index contributed by atoms with van der Waals surface area (Å²) in [6.45, 7) is 6.64. The molecule has 25 heavy (non-hydrogen) atoms. The van der Waals surface area contributed by atoms with Crippen molar-refractivity contribution in [2.45, 2.75) is 45.3 Å². The van der Waals surface area contributed by atoms with Gasteiger partial charge < -0.3 is 25.4 Å². The maximum atomic E-state index is 12.4. The minimum atomic E-state index is -0.506. The van der Waals surface area contributed by atoms with Gasteiger partial charge >= 0.3 is 6.09 Å². The summed E-state index contributed by atoms with van der Waals surface area (Å²) in [5.41, 5.74) is 6.21. The van der Waals surface area contributed by atoms with E-state index in [1.165, 1.54) is 0 Å². The highest BCUT2D eigenvalue weighted by molar-refractivity contribution is 5.99. The van der Waals surface area contributed by atoms with Crippen LogP contribution in [0.2, 0.25) is 0 Å². The molecule has 1 fully saturated rings. The van der Waals surface area contributed by atoms with E-state index in [0.717, 1.165) is 0 Å². The fourth-order valence-electron chi connectivity index (χ4n) is 2.67. The Kier molecular flexibility index (Phi) is 5.77. The number of hydrogen-bond acceptors (Lipinski definition) is 5. The third-order valence-electron chi connectivity index (χ3n) is 3.99. The van der Waals surface area contributed by atoms with E-state index in [0.29, 0.717) is 42.9 Å². The average Bonchev–Trinajstić information content (AvgIpc) is 2.53. The molecule has 1 saturated heterocycles. The van der Waals surface area contributed by atoms with E-state index in [1.807, 2.05) is 20.8 Å². The van der Waals surface area contributed by atoms with Gasteiger partial charge in [0.1, 0.15) is 11.4 Å². The third kappa shape index (κ3) is 5.27. The van der Waals surface area contributed by atoms with Gasteiger partial charge in [0.15, 0.2) is 0 Å². The first kappa shape index (κ1) is 18.9. The molecule has 7 nitrogen and oxygen atoms in total. The van der Waals surface area contributed by atoms with Crippen molar-refractivity contribution in [3.8, 4) is 5.75 Å². The molecule has 0 bridgehead atoms. The Morgan fingerprint density at radius 2 is 1.88 bits per heavy atom. The normalized spacial score (nSPS) is 15.6. The van der Waals surface area contributed by atoms with Gasteiger partial charge in [0, 0.05) is 30.9 Å². The quantitative estimate of drug-likeness (QED) is 0.817. The molecule has 2 amide bonds. The summed E-state index contributed by atoms with van der Waals surface area (Å²) in [5, 5.41) is 2.98. The van der Waals surface area contributed by atoms with E-state index in [2.05, 4.69) is 5.32 Å². The molecule has 1 aromatic rings. The summed E-state index contributed by atoms with van der Waals surface area (Å²) < 4.78 is 10.5. The van der Waals surface area contributed by atoms with E-state index >= 15 is 0 Å². The number of nitrogens with one attached hydrogen (secondary N) is 1. The number of carbonyl (C=O) groups excluding carboxylic acids is 2. The Labute approximate surface area is 148 Å². The van der Waals surface area contributed by atoms with Crippen LogP contribution in [0.5, 0.6) is 5.75 Å². The summed E-state index contributed by atoms with van der Waals surface area (Å²) in [5.74, 6) is 0.399. The van der Waals surface area contributed by atoms with Crippen LogP contribution in [0.3, 0.4) is 0 Å². The molecular weight excluding hydrogens is 322 g/mol. The SMILES string of the molecule is COc1ccc(C(=O)NC2CCN(C(=O)OC(C)(C)C)CC2)c(N)c1. The Morgan fingerprint density at radius 3 is 2.40 bits per heavy atom. The van der Waals surface area contributed by atoms with Crippen LogP contribution >= 0.6 is 0 Å². The zero-order valence-corrected chi connectivity index (χ0v) is 15.3. The lowest BCUT2D eigenvalue weighted by Gasteiger charge is -2.33. The van der Waals surface area contributed by atoms with Crippen molar-refractivity contribution in [2.75, 3.05) is 25.9 Å². The second-order valence-corrected chi connectivity index (χ2v) is 7.17. The number of piperidine rings is 1. The zero-order chi connectivity index (χ0) is 18.6. The van der Waals surface area contributed by atoms with Gasteiger partial charge in [-0.2, -0.15) is 0 Å². The molecule has 0 aliphatic carbocycles. The van der Waals surface area contributed by atoms with Crippen molar-refractivity contribution in [3.63, 3.8) is 0 Å². The smallest absolute Gasteiger partial charge is 0.410 e. The van der Waals surface area contributed by atoms with E-state index < -0.39 is 5.60 Å². The lowest BCUT2D eigenvalue weighted by molar-refractivity contribution is 0.0199. The molecule has 138 valence electrons. The monoisotopic (exact) mass is 349 g/mol. The zero-order valence-electron chi connectivity index (χ0n) is 15.3. The number of amides is 2. The van der Waals surface area contributed by atoms with Crippen LogP contribution in [0.4, 0.5) is 10.5 Å². The molecule has 1 aliphatic heterocycles. The van der Waals surface area contributed by atoms with Crippen LogP contribution in [0, 0.1) is 0 Å². The van der Waals surface area contributed by atoms with Gasteiger partial charge in [0.25, 0.3) is 5.91 Å². The number of rotatable bonds is 3. The molecule has 0 saturated carbocycles. The minimum absolute atomic E-state index is 0.00712. The fraction of sp³-hybridized carbons (Fsp3) is 0.556. The number of ether oxygens (including phenoxy) is 2. The second-order valence-electron chi connectivity index (χ2n) is 7.17. The van der Waals surface area contributed by atoms with Crippen LogP contribution in [0.1, 0.15) is 44.0 Å². The second kappa shape index (κ2) is 7.63. The van der Waals surface area contributed by atoms with Crippen molar-refractivity contribution in [2.24, 2.45) is 0 Å². The molecule has 0 radical (unpaired) electrons. The summed E-state index contributed by atoms with van der Waals surface area (Å²) in [6, 6.07) is 4.99. The Hall–Kier alpha value is -2.44. The van der Waals surface area contributed by atoms with Crippen LogP contribution in [0.25, 0.3) is 0 Å². The lowest BCUT2D eigenvalue weighted by Crippen LogP contribution is -2.47. The number of methoxy groups -OCH3 is 1. The van der Waals surface area contributed by atoms with Gasteiger partial charge in [-0.05, 0) is 45.7 Å². The summed E-state index contributed by atoms with van der Waals surface area (Å²) in [7, 11) is 1.55. The Bertz CT molecular complexity index is 632. The predicted octanol–water partition coefficient (Wildman–Crippen LogP) is 2.41. The molecule has 0 spiro atoms. The number of nitrogen functional groups attached to an aromatic ring is 1. The van der Waals surface area contributed by atoms with Crippen molar-refractivity contribution >= 4 is 17.7 Å². The van der Waals surface area contributed by atoms with Gasteiger partial charge in [0.2, 0.25) is 0 Å². The number of hydrogen-bond donors (Lipinski definition) is 2. The molecule has 1 aliphatic rings. The van der Waals surface area contributed by atoms with E-state index in [1.54, 1.807) is 30.2 Å². The molecule has 3 N–H and O–H groups in total. The number of likely N-dealkylation sites (tertiary alicyclic amines) is 1. The molecular formula is C18H27N3O4. The number of anilines is 1. The van der Waals surface area contributed by atoms with Crippen molar-refractivity contribution in [1.82, 2.24) is 10.2 Å². The topological polar surface area (TPSA) is 93.9 Å². The molecule has 0 atom stereocenters. The summed E-state index contributed by atoms with van der Waals surface area (Å²) in [4.78, 5) is 26.1. The largest absolute Gasteiger partial charge is 0.497 e. The molecule has 1 heterocycles. The van der Waals surface area contributed by atoms with Crippen molar-refractivity contribution in [3.05, 3.63) is 23.8 Å². The number of nitrogens with two attached hydrogens (primary N) is 1. The maximum absolute atomic E-state index is 12.4. The number of carbonyl (C=O) groups is 2. The molecule has 7 heteroatoms. The van der Waals surface area contributed by atoms with Crippen LogP contribution in [-0.4, -0.2) is 48.7 Å². The highest BCUT2D eigenvalue weighted by Gasteiger charge is 2.27. The minimum Gasteiger partial charge on any atom is -0.497 e. The lowest BCUT2D eigenvalue weighted by atomic mass is 10.0. The summed E-state index contributed by atoms with van der Waals surface area (Å²) >= 11 is 0. The van der Waals surface area contributed by atoms with Crippen LogP contribution < -0.4 is 15.8 Å². The van der Waals surface area contributed by atoms with Gasteiger partial charge in [0.05, 0.1) is 12.7 Å². The standard InChI is InChI=1S/C18H27N3O4/c1-18(2,3)25-17(23)21-9-7-12(8-10-21)20-16(22)14-6-5-13(24-4)11-15(14)19/h5-6,11-12H,7-10,19H2,1-4H3,(H,20,22). The van der Waals surface area contributed by atoms with Gasteiger partial charge in [-0.3, -0.25) is 4.79 Å². The maximum Gasteiger partial charge on any atom is 0.410 e. The van der Waals surface area contributed by atoms with Crippen LogP contribution in [-0.2, 0) is 4.74 Å². The highest BCUT2D eigenvalue weighted by atomic mass is 16.6. The molecule has 0 unspecified atom stereocenters. The first-order valence-corrected chi connectivity index (χ1v) is 8.42. The molecule has 0 aromatic heterocycles. The highest BCUT2D eigenvalue weighted by Crippen LogP contribution is 2.21. The molecule has 1 aromatic carbocycles. The Balaban J connectivity index is 1.87. The van der Waals surface area contributed by atoms with Crippen LogP contribution in [0.15, 0.2) is 18.2 Å². The first-order chi connectivity index (χ1) is 11.7. The first-order valence-electron chi connectivity index (χ1n) is 8.42. The molecule has 2 rings (SSSR count). The van der Waals surface area contributed by atoms with Gasteiger partial charge in [-0.15, -0.1) is 0 Å². The van der Waals surface area contributed by atoms with E-state index in [9.17, 15) is 9.59 Å².